The lowest BCUT2D eigenvalue weighted by atomic mass is 10.1. The van der Waals surface area contributed by atoms with Crippen LogP contribution in [0.15, 0.2) is 46.9 Å². The molecule has 5 nitrogen and oxygen atoms in total. The molecule has 0 aromatic heterocycles. The van der Waals surface area contributed by atoms with Gasteiger partial charge in [-0.15, -0.1) is 0 Å². The molecular formula is C19H21BrCl2N3O2+. The smallest absolute Gasteiger partial charge is 0.279 e. The predicted molar refractivity (Wildman–Crippen MR) is 113 cm³/mol. The molecule has 0 radical (unpaired) electrons. The summed E-state index contributed by atoms with van der Waals surface area (Å²) in [6.07, 6.45) is 0.614. The summed E-state index contributed by atoms with van der Waals surface area (Å²) in [6, 6.07) is 12.7. The highest BCUT2D eigenvalue weighted by atomic mass is 79.9. The van der Waals surface area contributed by atoms with Crippen LogP contribution >= 0.6 is 39.1 Å². The maximum absolute atomic E-state index is 12.1. The number of carbonyl (C=O) groups is 2. The van der Waals surface area contributed by atoms with Crippen molar-refractivity contribution in [3.8, 4) is 0 Å². The van der Waals surface area contributed by atoms with E-state index in [4.69, 9.17) is 23.2 Å². The van der Waals surface area contributed by atoms with Crippen molar-refractivity contribution in [2.24, 2.45) is 0 Å². The van der Waals surface area contributed by atoms with E-state index >= 15 is 0 Å². The lowest BCUT2D eigenvalue weighted by Gasteiger charge is -2.14. The lowest BCUT2D eigenvalue weighted by molar-refractivity contribution is -0.862. The second-order valence-corrected chi connectivity index (χ2v) is 7.87. The third-order valence-electron chi connectivity index (χ3n) is 3.80. The van der Waals surface area contributed by atoms with Gasteiger partial charge < -0.3 is 15.5 Å². The number of anilines is 1. The van der Waals surface area contributed by atoms with Gasteiger partial charge in [-0.3, -0.25) is 9.59 Å². The molecule has 0 saturated carbocycles. The highest BCUT2D eigenvalue weighted by molar-refractivity contribution is 9.10. The number of hydrogen-bond acceptors (Lipinski definition) is 2. The van der Waals surface area contributed by atoms with Gasteiger partial charge in [0.25, 0.3) is 11.8 Å². The molecule has 1 unspecified atom stereocenters. The van der Waals surface area contributed by atoms with Crippen molar-refractivity contribution in [2.45, 2.75) is 6.42 Å². The Labute approximate surface area is 177 Å². The van der Waals surface area contributed by atoms with Crippen LogP contribution in [0.2, 0.25) is 10.0 Å². The van der Waals surface area contributed by atoms with E-state index < -0.39 is 0 Å². The molecule has 8 heteroatoms. The van der Waals surface area contributed by atoms with Gasteiger partial charge in [-0.05, 0) is 52.2 Å². The molecule has 0 spiro atoms. The molecule has 2 aromatic carbocycles. The highest BCUT2D eigenvalue weighted by Gasteiger charge is 2.15. The molecule has 1 atom stereocenters. The van der Waals surface area contributed by atoms with Gasteiger partial charge in [0.05, 0.1) is 12.7 Å². The Hall–Kier alpha value is -1.60. The summed E-state index contributed by atoms with van der Waals surface area (Å²) in [5.41, 5.74) is 1.63. The predicted octanol–water partition coefficient (Wildman–Crippen LogP) is 2.57. The number of nitrogens with one attached hydrogen (secondary N) is 3. The van der Waals surface area contributed by atoms with Crippen molar-refractivity contribution in [3.63, 3.8) is 0 Å². The minimum atomic E-state index is -0.153. The SMILES string of the molecule is C[NH+](CC(=O)NCCc1ccc(Cl)cc1Cl)CC(=O)Nc1ccccc1Br. The molecule has 3 N–H and O–H groups in total. The largest absolute Gasteiger partial charge is 0.351 e. The molecule has 0 aliphatic carbocycles. The Kier molecular flexibility index (Phi) is 8.57. The van der Waals surface area contributed by atoms with Crippen LogP contribution in [0.5, 0.6) is 0 Å². The summed E-state index contributed by atoms with van der Waals surface area (Å²) in [5.74, 6) is -0.272. The van der Waals surface area contributed by atoms with E-state index in [1.54, 1.807) is 19.2 Å². The molecule has 2 aromatic rings. The Bertz CT molecular complexity index is 817. The quantitative estimate of drug-likeness (QED) is 0.551. The summed E-state index contributed by atoms with van der Waals surface area (Å²) in [4.78, 5) is 25.0. The first-order chi connectivity index (χ1) is 12.8. The molecule has 0 heterocycles. The fourth-order valence-electron chi connectivity index (χ4n) is 2.49. The normalized spacial score (nSPS) is 11.7. The van der Waals surface area contributed by atoms with Crippen LogP contribution in [0.1, 0.15) is 5.56 Å². The van der Waals surface area contributed by atoms with Gasteiger partial charge in [0.2, 0.25) is 0 Å². The van der Waals surface area contributed by atoms with Crippen LogP contribution in [-0.4, -0.2) is 38.5 Å². The first kappa shape index (κ1) is 21.7. The van der Waals surface area contributed by atoms with Crippen LogP contribution in [0.25, 0.3) is 0 Å². The molecular weight excluding hydrogens is 453 g/mol. The molecule has 0 saturated heterocycles. The van der Waals surface area contributed by atoms with Crippen LogP contribution in [0, 0.1) is 0 Å². The molecule has 144 valence electrons. The average Bonchev–Trinajstić information content (AvgIpc) is 2.58. The molecule has 0 bridgehead atoms. The Balaban J connectivity index is 1.71. The zero-order valence-electron chi connectivity index (χ0n) is 14.8. The Morgan fingerprint density at radius 3 is 2.48 bits per heavy atom. The summed E-state index contributed by atoms with van der Waals surface area (Å²) in [5, 5.41) is 6.84. The fraction of sp³-hybridized carbons (Fsp3) is 0.263. The third-order valence-corrected chi connectivity index (χ3v) is 5.08. The fourth-order valence-corrected chi connectivity index (χ4v) is 3.38. The summed E-state index contributed by atoms with van der Waals surface area (Å²) in [7, 11) is 1.80. The van der Waals surface area contributed by atoms with Gasteiger partial charge in [0.15, 0.2) is 13.1 Å². The van der Waals surface area contributed by atoms with E-state index in [1.807, 2.05) is 30.3 Å². The number of rotatable bonds is 8. The van der Waals surface area contributed by atoms with Crippen LogP contribution in [-0.2, 0) is 16.0 Å². The van der Waals surface area contributed by atoms with E-state index in [9.17, 15) is 9.59 Å². The molecule has 0 fully saturated rings. The van der Waals surface area contributed by atoms with E-state index in [0.717, 1.165) is 14.9 Å². The Morgan fingerprint density at radius 1 is 1.07 bits per heavy atom. The summed E-state index contributed by atoms with van der Waals surface area (Å²) in [6.45, 7) is 0.867. The topological polar surface area (TPSA) is 62.6 Å². The minimum absolute atomic E-state index is 0.119. The second-order valence-electron chi connectivity index (χ2n) is 6.17. The van der Waals surface area contributed by atoms with E-state index in [0.29, 0.717) is 28.7 Å². The zero-order valence-corrected chi connectivity index (χ0v) is 17.9. The van der Waals surface area contributed by atoms with Gasteiger partial charge >= 0.3 is 0 Å². The van der Waals surface area contributed by atoms with Gasteiger partial charge in [-0.2, -0.15) is 0 Å². The second kappa shape index (κ2) is 10.7. The first-order valence-corrected chi connectivity index (χ1v) is 9.96. The number of carbonyl (C=O) groups excluding carboxylic acids is 2. The number of quaternary nitrogens is 1. The summed E-state index contributed by atoms with van der Waals surface area (Å²) >= 11 is 15.4. The molecule has 0 aliphatic heterocycles. The van der Waals surface area contributed by atoms with Gasteiger partial charge in [0, 0.05) is 21.1 Å². The minimum Gasteiger partial charge on any atom is -0.351 e. The van der Waals surface area contributed by atoms with Crippen molar-refractivity contribution < 1.29 is 14.5 Å². The van der Waals surface area contributed by atoms with Crippen molar-refractivity contribution in [1.29, 1.82) is 0 Å². The standard InChI is InChI=1S/C19H20BrCl2N3O2/c1-25(12-19(27)24-17-5-3-2-4-15(17)20)11-18(26)23-9-8-13-6-7-14(21)10-16(13)22/h2-7,10H,8-9,11-12H2,1H3,(H,23,26)(H,24,27)/p+1. The van der Waals surface area contributed by atoms with Gasteiger partial charge in [-0.1, -0.05) is 41.4 Å². The molecule has 2 rings (SSSR count). The molecule has 2 amide bonds. The first-order valence-electron chi connectivity index (χ1n) is 8.41. The van der Waals surface area contributed by atoms with E-state index in [1.165, 1.54) is 0 Å². The van der Waals surface area contributed by atoms with E-state index in [-0.39, 0.29) is 24.9 Å². The van der Waals surface area contributed by atoms with Gasteiger partial charge in [0.1, 0.15) is 0 Å². The highest BCUT2D eigenvalue weighted by Crippen LogP contribution is 2.21. The Morgan fingerprint density at radius 2 is 1.78 bits per heavy atom. The lowest BCUT2D eigenvalue weighted by Crippen LogP contribution is -3.11. The van der Waals surface area contributed by atoms with Crippen LogP contribution in [0.3, 0.4) is 0 Å². The number of benzene rings is 2. The average molecular weight is 474 g/mol. The van der Waals surface area contributed by atoms with Crippen LogP contribution < -0.4 is 15.5 Å². The maximum Gasteiger partial charge on any atom is 0.279 e. The van der Waals surface area contributed by atoms with Crippen molar-refractivity contribution in [2.75, 3.05) is 32.0 Å². The van der Waals surface area contributed by atoms with Gasteiger partial charge in [-0.25, -0.2) is 0 Å². The monoisotopic (exact) mass is 472 g/mol. The number of halogens is 3. The molecule has 0 aliphatic rings. The van der Waals surface area contributed by atoms with E-state index in [2.05, 4.69) is 26.6 Å². The van der Waals surface area contributed by atoms with Crippen LogP contribution in [0.4, 0.5) is 5.69 Å². The van der Waals surface area contributed by atoms with Crippen molar-refractivity contribution >= 4 is 56.6 Å². The van der Waals surface area contributed by atoms with Crippen molar-refractivity contribution in [3.05, 3.63) is 62.5 Å². The third kappa shape index (κ3) is 7.50. The summed E-state index contributed by atoms with van der Waals surface area (Å²) < 4.78 is 0.814. The number of likely N-dealkylation sites (N-methyl/N-ethyl adjacent to an activating group) is 1. The van der Waals surface area contributed by atoms with Crippen molar-refractivity contribution in [1.82, 2.24) is 5.32 Å². The molecule has 27 heavy (non-hydrogen) atoms. The number of amides is 2. The number of para-hydroxylation sites is 1. The zero-order chi connectivity index (χ0) is 19.8. The maximum atomic E-state index is 12.1. The number of hydrogen-bond donors (Lipinski definition) is 3.